The molecular weight excluding hydrogens is 330 g/mol. The third kappa shape index (κ3) is 1.71. The zero-order chi connectivity index (χ0) is 10.1. The van der Waals surface area contributed by atoms with Crippen LogP contribution in [0.3, 0.4) is 0 Å². The second-order valence-corrected chi connectivity index (χ2v) is 5.70. The van der Waals surface area contributed by atoms with E-state index >= 15 is 0 Å². The first-order valence-electron chi connectivity index (χ1n) is 3.83. The molecule has 0 aliphatic heterocycles. The van der Waals surface area contributed by atoms with Crippen LogP contribution in [0.5, 0.6) is 0 Å². The van der Waals surface area contributed by atoms with Crippen molar-refractivity contribution in [3.05, 3.63) is 43.9 Å². The van der Waals surface area contributed by atoms with Crippen LogP contribution in [0, 0.1) is 5.21 Å². The monoisotopic (exact) mass is 333 g/mol. The molecule has 0 N–H and O–H groups in total. The lowest BCUT2D eigenvalue weighted by molar-refractivity contribution is -0.601. The smallest absolute Gasteiger partial charge is 0.285 e. The van der Waals surface area contributed by atoms with Crippen molar-refractivity contribution in [1.82, 2.24) is 0 Å². The van der Waals surface area contributed by atoms with Crippen molar-refractivity contribution in [3.63, 3.8) is 0 Å². The van der Waals surface area contributed by atoms with E-state index in [-0.39, 0.29) is 0 Å². The summed E-state index contributed by atoms with van der Waals surface area (Å²) >= 11 is 7.94. The fourth-order valence-electron chi connectivity index (χ4n) is 1.09. The molecule has 0 aliphatic rings. The number of rotatable bonds is 1. The van der Waals surface area contributed by atoms with E-state index in [0.717, 1.165) is 14.1 Å². The van der Waals surface area contributed by atoms with Crippen LogP contribution < -0.4 is 4.73 Å². The van der Waals surface area contributed by atoms with Crippen LogP contribution in [0.25, 0.3) is 10.6 Å². The van der Waals surface area contributed by atoms with Crippen molar-refractivity contribution in [1.29, 1.82) is 0 Å². The Kier molecular flexibility index (Phi) is 2.90. The van der Waals surface area contributed by atoms with Crippen molar-refractivity contribution in [2.24, 2.45) is 0 Å². The third-order valence-electron chi connectivity index (χ3n) is 1.73. The van der Waals surface area contributed by atoms with Gasteiger partial charge in [0.05, 0.1) is 5.56 Å². The number of halogens is 2. The summed E-state index contributed by atoms with van der Waals surface area (Å²) in [6.07, 6.45) is 0. The topological polar surface area (TPSA) is 26.9 Å². The van der Waals surface area contributed by atoms with Gasteiger partial charge in [-0.3, -0.25) is 0 Å². The van der Waals surface area contributed by atoms with Gasteiger partial charge in [0, 0.05) is 15.9 Å². The van der Waals surface area contributed by atoms with Crippen molar-refractivity contribution in [2.75, 3.05) is 0 Å². The second kappa shape index (κ2) is 4.00. The van der Waals surface area contributed by atoms with E-state index in [4.69, 9.17) is 0 Å². The van der Waals surface area contributed by atoms with Gasteiger partial charge in [0.25, 0.3) is 9.61 Å². The van der Waals surface area contributed by atoms with Gasteiger partial charge in [-0.25, -0.2) is 0 Å². The number of nitrogens with zero attached hydrogens (tertiary/aromatic N) is 1. The summed E-state index contributed by atoms with van der Waals surface area (Å²) in [5, 5.41) is 12.3. The Morgan fingerprint density at radius 2 is 1.79 bits per heavy atom. The molecule has 0 aliphatic carbocycles. The standard InChI is InChI=1S/C9H5Br2NOS/c10-7-8(11)14-9(12(7)13)6-4-2-1-3-5-6/h1-5H. The molecule has 72 valence electrons. The molecule has 0 spiro atoms. The van der Waals surface area contributed by atoms with Gasteiger partial charge < -0.3 is 5.21 Å². The maximum Gasteiger partial charge on any atom is 0.285 e. The lowest BCUT2D eigenvalue weighted by atomic mass is 10.2. The molecule has 5 heteroatoms. The highest BCUT2D eigenvalue weighted by molar-refractivity contribution is 9.13. The van der Waals surface area contributed by atoms with Crippen molar-refractivity contribution < 1.29 is 4.73 Å². The van der Waals surface area contributed by atoms with Crippen LogP contribution in [0.1, 0.15) is 0 Å². The van der Waals surface area contributed by atoms with Crippen molar-refractivity contribution in [3.8, 4) is 10.6 Å². The molecule has 0 radical (unpaired) electrons. The fraction of sp³-hybridized carbons (Fsp3) is 0. The number of thiazole rings is 1. The van der Waals surface area contributed by atoms with Crippen molar-refractivity contribution in [2.45, 2.75) is 0 Å². The van der Waals surface area contributed by atoms with Gasteiger partial charge in [0.2, 0.25) is 0 Å². The Balaban J connectivity index is 2.58. The van der Waals surface area contributed by atoms with Crippen LogP contribution in [0.4, 0.5) is 0 Å². The van der Waals surface area contributed by atoms with Crippen LogP contribution in [0.2, 0.25) is 0 Å². The van der Waals surface area contributed by atoms with E-state index in [0.29, 0.717) is 9.61 Å². The molecule has 0 bridgehead atoms. The molecule has 0 unspecified atom stereocenters. The van der Waals surface area contributed by atoms with Crippen molar-refractivity contribution >= 4 is 43.2 Å². The van der Waals surface area contributed by atoms with E-state index < -0.39 is 0 Å². The predicted octanol–water partition coefficient (Wildman–Crippen LogP) is 3.57. The SMILES string of the molecule is [O-][n+]1c(-c2ccccc2)sc(Br)c1Br. The Labute approximate surface area is 102 Å². The van der Waals surface area contributed by atoms with Gasteiger partial charge in [-0.1, -0.05) is 29.5 Å². The van der Waals surface area contributed by atoms with Gasteiger partial charge in [-0.05, 0) is 28.1 Å². The summed E-state index contributed by atoms with van der Waals surface area (Å²) in [5.41, 5.74) is 0.930. The van der Waals surface area contributed by atoms with Crippen LogP contribution >= 0.6 is 43.2 Å². The number of benzene rings is 1. The first kappa shape index (κ1) is 10.1. The fourth-order valence-corrected chi connectivity index (χ4v) is 3.02. The summed E-state index contributed by atoms with van der Waals surface area (Å²) in [4.78, 5) is 0. The molecule has 1 aromatic heterocycles. The first-order chi connectivity index (χ1) is 6.70. The molecule has 0 amide bonds. The number of hydrogen-bond acceptors (Lipinski definition) is 2. The molecular formula is C9H5Br2NOS. The summed E-state index contributed by atoms with van der Waals surface area (Å²) in [5.74, 6) is 0. The van der Waals surface area contributed by atoms with Gasteiger partial charge in [-0.2, -0.15) is 0 Å². The van der Waals surface area contributed by atoms with Gasteiger partial charge in [-0.15, -0.1) is 4.73 Å². The zero-order valence-electron chi connectivity index (χ0n) is 6.91. The minimum atomic E-state index is 0.529. The van der Waals surface area contributed by atoms with Crippen LogP contribution in [-0.2, 0) is 0 Å². The highest BCUT2D eigenvalue weighted by Gasteiger charge is 2.19. The van der Waals surface area contributed by atoms with E-state index in [2.05, 4.69) is 31.9 Å². The Morgan fingerprint density at radius 1 is 1.14 bits per heavy atom. The molecule has 0 atom stereocenters. The molecule has 2 nitrogen and oxygen atoms in total. The maximum atomic E-state index is 11.6. The molecule has 0 saturated heterocycles. The maximum absolute atomic E-state index is 11.6. The highest BCUT2D eigenvalue weighted by atomic mass is 79.9. The minimum Gasteiger partial charge on any atom is -0.617 e. The minimum absolute atomic E-state index is 0.529. The summed E-state index contributed by atoms with van der Waals surface area (Å²) in [7, 11) is 0. The molecule has 1 aromatic carbocycles. The second-order valence-electron chi connectivity index (χ2n) is 2.63. The zero-order valence-corrected chi connectivity index (χ0v) is 10.9. The van der Waals surface area contributed by atoms with E-state index in [9.17, 15) is 5.21 Å². The first-order valence-corrected chi connectivity index (χ1v) is 6.23. The van der Waals surface area contributed by atoms with E-state index in [1.165, 1.54) is 11.3 Å². The number of aromatic nitrogens is 1. The average Bonchev–Trinajstić information content (AvgIpc) is 2.47. The molecule has 2 rings (SSSR count). The normalized spacial score (nSPS) is 10.4. The van der Waals surface area contributed by atoms with Gasteiger partial charge >= 0.3 is 0 Å². The van der Waals surface area contributed by atoms with Crippen LogP contribution in [-0.4, -0.2) is 0 Å². The predicted molar refractivity (Wildman–Crippen MR) is 64.1 cm³/mol. The largest absolute Gasteiger partial charge is 0.617 e. The highest BCUT2D eigenvalue weighted by Crippen LogP contribution is 2.32. The Hall–Kier alpha value is -0.390. The summed E-state index contributed by atoms with van der Waals surface area (Å²) in [6, 6.07) is 9.59. The van der Waals surface area contributed by atoms with Gasteiger partial charge in [0.1, 0.15) is 0 Å². The Bertz CT molecular complexity index is 455. The molecule has 0 saturated carbocycles. The van der Waals surface area contributed by atoms with E-state index in [1.807, 2.05) is 30.3 Å². The Morgan fingerprint density at radius 3 is 2.29 bits per heavy atom. The molecule has 0 fully saturated rings. The lowest BCUT2D eigenvalue weighted by Crippen LogP contribution is -2.27. The molecule has 2 aromatic rings. The van der Waals surface area contributed by atoms with Gasteiger partial charge in [0.15, 0.2) is 3.79 Å². The third-order valence-corrected chi connectivity index (χ3v) is 5.07. The quantitative estimate of drug-likeness (QED) is 0.578. The average molecular weight is 335 g/mol. The summed E-state index contributed by atoms with van der Waals surface area (Å²) < 4.78 is 2.22. The van der Waals surface area contributed by atoms with Crippen LogP contribution in [0.15, 0.2) is 38.7 Å². The summed E-state index contributed by atoms with van der Waals surface area (Å²) in [6.45, 7) is 0. The number of hydrogen-bond donors (Lipinski definition) is 0. The lowest BCUT2D eigenvalue weighted by Gasteiger charge is -1.97. The van der Waals surface area contributed by atoms with E-state index in [1.54, 1.807) is 0 Å². The molecule has 1 heterocycles. The molecule has 14 heavy (non-hydrogen) atoms.